The molecule has 0 bridgehead atoms. The molecule has 0 fully saturated rings. The van der Waals surface area contributed by atoms with E-state index in [0.717, 1.165) is 0 Å². The van der Waals surface area contributed by atoms with Crippen LogP contribution in [0.5, 0.6) is 0 Å². The maximum Gasteiger partial charge on any atom is 0.394 e. The van der Waals surface area contributed by atoms with Gasteiger partial charge in [-0.2, -0.15) is 8.42 Å². The first-order chi connectivity index (χ1) is 2.00. The molecule has 0 atom stereocenters. The van der Waals surface area contributed by atoms with E-state index in [-0.39, 0.29) is 35.7 Å². The Bertz CT molecular complexity index is 96.2. The van der Waals surface area contributed by atoms with E-state index >= 15 is 0 Å². The van der Waals surface area contributed by atoms with Crippen molar-refractivity contribution < 1.29 is 47.0 Å². The van der Waals surface area contributed by atoms with E-state index in [4.69, 9.17) is 17.5 Å². The van der Waals surface area contributed by atoms with Crippen LogP contribution in [0.3, 0.4) is 0 Å². The van der Waals surface area contributed by atoms with Gasteiger partial charge in [0.25, 0.3) is 0 Å². The van der Waals surface area contributed by atoms with Crippen LogP contribution in [0.2, 0.25) is 0 Å². The van der Waals surface area contributed by atoms with Crippen LogP contribution in [0.25, 0.3) is 0 Å². The van der Waals surface area contributed by atoms with Crippen LogP contribution in [-0.2, 0) is 29.0 Å². The van der Waals surface area contributed by atoms with E-state index in [9.17, 15) is 0 Å². The Morgan fingerprint density at radius 2 is 1.00 bits per heavy atom. The molecule has 0 aliphatic rings. The van der Waals surface area contributed by atoms with Gasteiger partial charge in [-0.1, -0.05) is 0 Å². The quantitative estimate of drug-likeness (QED) is 0.379. The zero-order valence-electron chi connectivity index (χ0n) is 4.27. The molecule has 1 radical (unpaired) electrons. The maximum atomic E-state index is 8.74. The van der Waals surface area contributed by atoms with E-state index in [2.05, 4.69) is 0 Å². The summed E-state index contributed by atoms with van der Waals surface area (Å²) in [6, 6.07) is 0. The first-order valence-corrected chi connectivity index (χ1v) is 2.10. The molecule has 0 unspecified atom stereocenters. The summed E-state index contributed by atoms with van der Waals surface area (Å²) in [5.41, 5.74) is 0. The third-order valence-corrected chi connectivity index (χ3v) is 0. The molecule has 7 nitrogen and oxygen atoms in total. The van der Waals surface area contributed by atoms with E-state index in [1.807, 2.05) is 0 Å². The fraction of sp³-hybridized carbons (Fsp3) is 0. The third kappa shape index (κ3) is 2990. The second-order valence-corrected chi connectivity index (χ2v) is 1.34. The van der Waals surface area contributed by atoms with Crippen LogP contribution in [0.4, 0.5) is 0 Å². The Labute approximate surface area is 64.1 Å². The Hall–Kier alpha value is 0.334. The summed E-state index contributed by atoms with van der Waals surface area (Å²) < 4.78 is 31.6. The van der Waals surface area contributed by atoms with Gasteiger partial charge in [-0.05, 0) is 0 Å². The second-order valence-electron chi connectivity index (χ2n) is 0.448. The monoisotopic (exact) mass is 202 g/mol. The van der Waals surface area contributed by atoms with Crippen molar-refractivity contribution in [3.8, 4) is 0 Å². The molecule has 0 aliphatic carbocycles. The topological polar surface area (TPSA) is 173 Å². The summed E-state index contributed by atoms with van der Waals surface area (Å²) in [6.07, 6.45) is 0. The summed E-state index contributed by atoms with van der Waals surface area (Å²) >= 11 is 0. The minimum Gasteiger partial charge on any atom is -0.412 e. The fourth-order valence-corrected chi connectivity index (χ4v) is 0. The molecule has 0 aliphatic heterocycles. The van der Waals surface area contributed by atoms with Crippen LogP contribution in [0, 0.1) is 0 Å². The predicted molar refractivity (Wildman–Crippen MR) is 26.4 cm³/mol. The summed E-state index contributed by atoms with van der Waals surface area (Å²) in [5, 5.41) is 0. The molecular weight excluding hydrogens is 193 g/mol. The standard InChI is InChI=1S/H3N.H2O4S.2H2O.V/c;1-5(2,3)4;;;/h1H3;(H2,1,2,3,4);2*1H2;. The molecule has 9 N–H and O–H groups in total. The van der Waals surface area contributed by atoms with Gasteiger partial charge in [0.1, 0.15) is 0 Å². The average molecular weight is 202 g/mol. The van der Waals surface area contributed by atoms with Crippen molar-refractivity contribution in [1.29, 1.82) is 0 Å². The molecule has 0 saturated heterocycles. The van der Waals surface area contributed by atoms with Crippen molar-refractivity contribution in [1.82, 2.24) is 6.15 Å². The van der Waals surface area contributed by atoms with Gasteiger partial charge in [-0.3, -0.25) is 9.11 Å². The van der Waals surface area contributed by atoms with Gasteiger partial charge in [0.2, 0.25) is 0 Å². The Kier molecular flexibility index (Phi) is 42.8. The Balaban J connectivity index is -0.0000000133. The minimum atomic E-state index is -4.67. The zero-order valence-corrected chi connectivity index (χ0v) is 6.49. The Morgan fingerprint density at radius 3 is 1.00 bits per heavy atom. The molecule has 0 aromatic carbocycles. The van der Waals surface area contributed by atoms with Gasteiger partial charge in [-0.25, -0.2) is 0 Å². The van der Waals surface area contributed by atoms with Crippen LogP contribution in [-0.4, -0.2) is 28.5 Å². The van der Waals surface area contributed by atoms with E-state index in [1.165, 1.54) is 0 Å². The van der Waals surface area contributed by atoms with Crippen molar-refractivity contribution in [2.75, 3.05) is 0 Å². The SMILES string of the molecule is N.O.O.O=S(=O)(O)O.[V]. The molecule has 0 spiro atoms. The van der Waals surface area contributed by atoms with Crippen LogP contribution in [0.1, 0.15) is 0 Å². The van der Waals surface area contributed by atoms with Gasteiger partial charge in [0.15, 0.2) is 0 Å². The molecule has 0 rings (SSSR count). The van der Waals surface area contributed by atoms with E-state index < -0.39 is 10.4 Å². The molecule has 0 amide bonds. The van der Waals surface area contributed by atoms with Crippen molar-refractivity contribution in [3.05, 3.63) is 0 Å². The molecular formula is H9NO6SV. The van der Waals surface area contributed by atoms with E-state index in [0.29, 0.717) is 0 Å². The van der Waals surface area contributed by atoms with Gasteiger partial charge in [-0.15, -0.1) is 0 Å². The maximum absolute atomic E-state index is 8.74. The van der Waals surface area contributed by atoms with Crippen molar-refractivity contribution in [2.45, 2.75) is 0 Å². The Morgan fingerprint density at radius 1 is 1.00 bits per heavy atom. The minimum absolute atomic E-state index is 0. The summed E-state index contributed by atoms with van der Waals surface area (Å²) in [6.45, 7) is 0. The molecule has 0 heterocycles. The van der Waals surface area contributed by atoms with Crippen molar-refractivity contribution in [3.63, 3.8) is 0 Å². The van der Waals surface area contributed by atoms with Crippen LogP contribution in [0.15, 0.2) is 0 Å². The molecule has 9 heavy (non-hydrogen) atoms. The number of hydrogen-bond acceptors (Lipinski definition) is 3. The van der Waals surface area contributed by atoms with Gasteiger partial charge in [0, 0.05) is 18.6 Å². The smallest absolute Gasteiger partial charge is 0.394 e. The summed E-state index contributed by atoms with van der Waals surface area (Å²) in [5.74, 6) is 0. The predicted octanol–water partition coefficient (Wildman–Crippen LogP) is -2.14. The van der Waals surface area contributed by atoms with Crippen molar-refractivity contribution >= 4 is 10.4 Å². The number of rotatable bonds is 0. The van der Waals surface area contributed by atoms with Gasteiger partial charge in [0.05, 0.1) is 0 Å². The normalized spacial score (nSPS) is 6.44. The summed E-state index contributed by atoms with van der Waals surface area (Å²) in [7, 11) is -4.67. The molecule has 61 valence electrons. The molecule has 9 heteroatoms. The first kappa shape index (κ1) is 34.5. The van der Waals surface area contributed by atoms with Gasteiger partial charge < -0.3 is 17.1 Å². The largest absolute Gasteiger partial charge is 0.412 e. The molecule has 0 aromatic rings. The average Bonchev–Trinajstić information content (AvgIpc) is 0.722. The number of hydrogen-bond donors (Lipinski definition) is 3. The third-order valence-electron chi connectivity index (χ3n) is 0. The first-order valence-electron chi connectivity index (χ1n) is 0.698. The van der Waals surface area contributed by atoms with Crippen molar-refractivity contribution in [2.24, 2.45) is 0 Å². The van der Waals surface area contributed by atoms with Crippen LogP contribution >= 0.6 is 0 Å². The van der Waals surface area contributed by atoms with Gasteiger partial charge >= 0.3 is 10.4 Å². The fourth-order valence-electron chi connectivity index (χ4n) is 0. The molecule has 0 saturated carbocycles. The second kappa shape index (κ2) is 11.2. The molecule has 0 aromatic heterocycles. The van der Waals surface area contributed by atoms with E-state index in [1.54, 1.807) is 0 Å². The van der Waals surface area contributed by atoms with Crippen LogP contribution < -0.4 is 6.15 Å². The summed E-state index contributed by atoms with van der Waals surface area (Å²) in [4.78, 5) is 0. The zero-order chi connectivity index (χ0) is 4.50.